The van der Waals surface area contributed by atoms with E-state index in [1.807, 2.05) is 18.5 Å². The van der Waals surface area contributed by atoms with Crippen molar-refractivity contribution >= 4 is 5.69 Å². The van der Waals surface area contributed by atoms with Crippen molar-refractivity contribution in [3.63, 3.8) is 0 Å². The van der Waals surface area contributed by atoms with Gasteiger partial charge in [0.15, 0.2) is 0 Å². The van der Waals surface area contributed by atoms with Crippen LogP contribution in [0.25, 0.3) is 0 Å². The highest BCUT2D eigenvalue weighted by atomic mass is 15.3. The topological polar surface area (TPSA) is 56.7 Å². The number of rotatable bonds is 3. The van der Waals surface area contributed by atoms with Crippen LogP contribution in [0.3, 0.4) is 0 Å². The molecule has 4 rings (SSSR count). The molecule has 0 amide bonds. The molecule has 21 heavy (non-hydrogen) atoms. The van der Waals surface area contributed by atoms with Gasteiger partial charge in [0.2, 0.25) is 0 Å². The summed E-state index contributed by atoms with van der Waals surface area (Å²) in [7, 11) is 0. The molecule has 1 heterocycles. The van der Waals surface area contributed by atoms with Crippen LogP contribution >= 0.6 is 0 Å². The van der Waals surface area contributed by atoms with Gasteiger partial charge in [-0.25, -0.2) is 0 Å². The van der Waals surface area contributed by atoms with Gasteiger partial charge in [0.1, 0.15) is 12.2 Å². The molecule has 0 atom stereocenters. The molecule has 2 aliphatic carbocycles. The maximum absolute atomic E-state index is 5.82. The standard InChI is InChI=1S/C17H22N4/c18-14-8-6-13(7-9-14)17(10-11-17)16-20-19-12-21(16)15-4-2-1-3-5-15/h6-9,12,15H,1-5,10-11,18H2. The summed E-state index contributed by atoms with van der Waals surface area (Å²) >= 11 is 0. The van der Waals surface area contributed by atoms with Crippen molar-refractivity contribution in [1.82, 2.24) is 14.8 Å². The first kappa shape index (κ1) is 12.9. The molecular formula is C17H22N4. The highest BCUT2D eigenvalue weighted by Gasteiger charge is 2.50. The molecule has 110 valence electrons. The lowest BCUT2D eigenvalue weighted by molar-refractivity contribution is 0.341. The smallest absolute Gasteiger partial charge is 0.143 e. The van der Waals surface area contributed by atoms with Crippen LogP contribution in [0.5, 0.6) is 0 Å². The number of anilines is 1. The SMILES string of the molecule is Nc1ccc(C2(c3nncn3C3CCCCC3)CC2)cc1. The molecule has 0 aliphatic heterocycles. The minimum absolute atomic E-state index is 0.0850. The molecule has 1 aromatic heterocycles. The zero-order valence-electron chi connectivity index (χ0n) is 12.3. The van der Waals surface area contributed by atoms with E-state index in [2.05, 4.69) is 26.9 Å². The van der Waals surface area contributed by atoms with Gasteiger partial charge in [-0.2, -0.15) is 0 Å². The quantitative estimate of drug-likeness (QED) is 0.877. The Morgan fingerprint density at radius 3 is 2.43 bits per heavy atom. The number of nitrogen functional groups attached to an aromatic ring is 1. The Bertz CT molecular complexity index is 618. The maximum atomic E-state index is 5.82. The normalized spacial score (nSPS) is 21.3. The van der Waals surface area contributed by atoms with Crippen LogP contribution in [0.1, 0.15) is 62.4 Å². The second kappa shape index (κ2) is 4.86. The van der Waals surface area contributed by atoms with E-state index >= 15 is 0 Å². The Kier molecular flexibility index (Phi) is 2.98. The highest BCUT2D eigenvalue weighted by molar-refractivity contribution is 5.46. The van der Waals surface area contributed by atoms with E-state index in [4.69, 9.17) is 5.73 Å². The second-order valence-electron chi connectivity index (χ2n) is 6.56. The third-order valence-electron chi connectivity index (χ3n) is 5.18. The van der Waals surface area contributed by atoms with Gasteiger partial charge in [-0.1, -0.05) is 31.4 Å². The molecule has 2 saturated carbocycles. The van der Waals surface area contributed by atoms with Crippen LogP contribution in [0.15, 0.2) is 30.6 Å². The zero-order chi connectivity index (χ0) is 14.3. The number of hydrogen-bond donors (Lipinski definition) is 1. The molecule has 4 heteroatoms. The van der Waals surface area contributed by atoms with Crippen LogP contribution in [-0.2, 0) is 5.41 Å². The molecule has 4 nitrogen and oxygen atoms in total. The first-order valence-electron chi connectivity index (χ1n) is 8.06. The van der Waals surface area contributed by atoms with Crippen LogP contribution in [-0.4, -0.2) is 14.8 Å². The van der Waals surface area contributed by atoms with E-state index in [1.165, 1.54) is 56.3 Å². The summed E-state index contributed by atoms with van der Waals surface area (Å²) in [6.45, 7) is 0. The minimum atomic E-state index is 0.0850. The van der Waals surface area contributed by atoms with Crippen LogP contribution in [0.4, 0.5) is 5.69 Å². The van der Waals surface area contributed by atoms with Gasteiger partial charge in [-0.15, -0.1) is 10.2 Å². The van der Waals surface area contributed by atoms with Gasteiger partial charge < -0.3 is 10.3 Å². The Morgan fingerprint density at radius 2 is 1.76 bits per heavy atom. The fraction of sp³-hybridized carbons (Fsp3) is 0.529. The average molecular weight is 282 g/mol. The third-order valence-corrected chi connectivity index (χ3v) is 5.18. The lowest BCUT2D eigenvalue weighted by atomic mass is 9.92. The monoisotopic (exact) mass is 282 g/mol. The Balaban J connectivity index is 1.70. The van der Waals surface area contributed by atoms with Crippen molar-refractivity contribution in [3.8, 4) is 0 Å². The van der Waals surface area contributed by atoms with Gasteiger partial charge in [0.05, 0.1) is 5.41 Å². The Hall–Kier alpha value is -1.84. The highest BCUT2D eigenvalue weighted by Crippen LogP contribution is 2.53. The first-order chi connectivity index (χ1) is 10.3. The van der Waals surface area contributed by atoms with Crippen molar-refractivity contribution in [1.29, 1.82) is 0 Å². The van der Waals surface area contributed by atoms with Crippen molar-refractivity contribution in [3.05, 3.63) is 42.0 Å². The van der Waals surface area contributed by atoms with E-state index in [1.54, 1.807) is 0 Å². The van der Waals surface area contributed by atoms with Crippen molar-refractivity contribution in [2.45, 2.75) is 56.4 Å². The Labute approximate surface area is 125 Å². The van der Waals surface area contributed by atoms with Crippen LogP contribution in [0, 0.1) is 0 Å². The second-order valence-corrected chi connectivity index (χ2v) is 6.56. The van der Waals surface area contributed by atoms with E-state index in [0.29, 0.717) is 6.04 Å². The Morgan fingerprint density at radius 1 is 1.05 bits per heavy atom. The van der Waals surface area contributed by atoms with E-state index in [0.717, 1.165) is 5.69 Å². The molecule has 0 unspecified atom stereocenters. The summed E-state index contributed by atoms with van der Waals surface area (Å²) in [4.78, 5) is 0. The number of nitrogens with two attached hydrogens (primary N) is 1. The van der Waals surface area contributed by atoms with Crippen molar-refractivity contribution < 1.29 is 0 Å². The predicted molar refractivity (Wildman–Crippen MR) is 83.0 cm³/mol. The molecule has 2 aromatic rings. The van der Waals surface area contributed by atoms with Crippen LogP contribution in [0.2, 0.25) is 0 Å². The molecule has 2 fully saturated rings. The van der Waals surface area contributed by atoms with Gasteiger partial charge >= 0.3 is 0 Å². The van der Waals surface area contributed by atoms with E-state index < -0.39 is 0 Å². The summed E-state index contributed by atoms with van der Waals surface area (Å²) in [5, 5.41) is 8.74. The zero-order valence-corrected chi connectivity index (χ0v) is 12.3. The molecule has 0 spiro atoms. The summed E-state index contributed by atoms with van der Waals surface area (Å²) in [6.07, 6.45) is 10.9. The molecule has 0 radical (unpaired) electrons. The fourth-order valence-electron chi connectivity index (χ4n) is 3.78. The maximum Gasteiger partial charge on any atom is 0.143 e. The van der Waals surface area contributed by atoms with Crippen LogP contribution < -0.4 is 5.73 Å². The van der Waals surface area contributed by atoms with Crippen molar-refractivity contribution in [2.24, 2.45) is 0 Å². The summed E-state index contributed by atoms with van der Waals surface area (Å²) in [5.41, 5.74) is 8.07. The van der Waals surface area contributed by atoms with E-state index in [-0.39, 0.29) is 5.41 Å². The van der Waals surface area contributed by atoms with Gasteiger partial charge in [0, 0.05) is 11.7 Å². The fourth-order valence-corrected chi connectivity index (χ4v) is 3.78. The lowest BCUT2D eigenvalue weighted by Gasteiger charge is -2.26. The summed E-state index contributed by atoms with van der Waals surface area (Å²) < 4.78 is 2.36. The number of nitrogens with zero attached hydrogens (tertiary/aromatic N) is 3. The summed E-state index contributed by atoms with van der Waals surface area (Å²) in [6, 6.07) is 8.90. The predicted octanol–water partition coefficient (Wildman–Crippen LogP) is 3.45. The van der Waals surface area contributed by atoms with Gasteiger partial charge in [-0.3, -0.25) is 0 Å². The molecule has 0 saturated heterocycles. The molecular weight excluding hydrogens is 260 g/mol. The number of benzene rings is 1. The minimum Gasteiger partial charge on any atom is -0.399 e. The number of hydrogen-bond acceptors (Lipinski definition) is 3. The largest absolute Gasteiger partial charge is 0.399 e. The van der Waals surface area contributed by atoms with Crippen molar-refractivity contribution in [2.75, 3.05) is 5.73 Å². The lowest BCUT2D eigenvalue weighted by Crippen LogP contribution is -2.21. The first-order valence-corrected chi connectivity index (χ1v) is 8.06. The van der Waals surface area contributed by atoms with E-state index in [9.17, 15) is 0 Å². The third kappa shape index (κ3) is 2.13. The average Bonchev–Trinajstić information content (AvgIpc) is 3.18. The summed E-state index contributed by atoms with van der Waals surface area (Å²) in [5.74, 6) is 1.17. The molecule has 0 bridgehead atoms. The molecule has 2 aliphatic rings. The molecule has 1 aromatic carbocycles. The van der Waals surface area contributed by atoms with Gasteiger partial charge in [-0.05, 0) is 43.4 Å². The molecule has 2 N–H and O–H groups in total. The van der Waals surface area contributed by atoms with Gasteiger partial charge in [0.25, 0.3) is 0 Å². The number of aromatic nitrogens is 3.